The van der Waals surface area contributed by atoms with E-state index in [1.54, 1.807) is 24.3 Å². The molecule has 20 heavy (non-hydrogen) atoms. The summed E-state index contributed by atoms with van der Waals surface area (Å²) in [5, 5.41) is 2.87. The van der Waals surface area contributed by atoms with Crippen LogP contribution in [0.1, 0.15) is 11.1 Å². The molecule has 6 heteroatoms. The molecule has 100 valence electrons. The number of carbonyl (C=O) groups is 1. The minimum Gasteiger partial charge on any atom is -0.306 e. The molecular weight excluding hydrogens is 302 g/mol. The maximum absolute atomic E-state index is 13.9. The molecule has 3 nitrogen and oxygen atoms in total. The predicted octanol–water partition coefficient (Wildman–Crippen LogP) is 4.02. The van der Waals surface area contributed by atoms with Gasteiger partial charge in [-0.05, 0) is 24.3 Å². The van der Waals surface area contributed by atoms with Crippen LogP contribution in [0.2, 0.25) is 10.2 Å². The van der Waals surface area contributed by atoms with Crippen LogP contribution in [0.3, 0.4) is 0 Å². The van der Waals surface area contributed by atoms with Crippen LogP contribution in [0.15, 0.2) is 30.3 Å². The highest BCUT2D eigenvalue weighted by Crippen LogP contribution is 2.33. The molecular formula is C14H7Cl2FN2O. The number of pyridine rings is 1. The minimum atomic E-state index is -0.565. The number of carbonyl (C=O) groups excluding carboxylic acids is 1. The van der Waals surface area contributed by atoms with E-state index in [-0.39, 0.29) is 21.6 Å². The van der Waals surface area contributed by atoms with Gasteiger partial charge in [0.2, 0.25) is 0 Å². The van der Waals surface area contributed by atoms with Crippen LogP contribution in [0.5, 0.6) is 0 Å². The Labute approximate surface area is 124 Å². The normalized spacial score (nSPS) is 15.3. The van der Waals surface area contributed by atoms with Gasteiger partial charge < -0.3 is 5.32 Å². The molecule has 0 bridgehead atoms. The number of rotatable bonds is 1. The third-order valence-corrected chi connectivity index (χ3v) is 3.41. The Morgan fingerprint density at radius 3 is 2.80 bits per heavy atom. The molecule has 3 rings (SSSR count). The highest BCUT2D eigenvalue weighted by molar-refractivity contribution is 6.35. The van der Waals surface area contributed by atoms with Crippen LogP contribution in [0.4, 0.5) is 10.2 Å². The lowest BCUT2D eigenvalue weighted by Gasteiger charge is -2.01. The molecule has 0 saturated heterocycles. The number of hydrogen-bond donors (Lipinski definition) is 1. The molecule has 1 aliphatic heterocycles. The first kappa shape index (κ1) is 13.1. The summed E-state index contributed by atoms with van der Waals surface area (Å²) >= 11 is 11.5. The molecule has 0 aliphatic carbocycles. The van der Waals surface area contributed by atoms with E-state index in [1.807, 2.05) is 0 Å². The van der Waals surface area contributed by atoms with Gasteiger partial charge in [0.05, 0.1) is 10.6 Å². The summed E-state index contributed by atoms with van der Waals surface area (Å²) in [6, 6.07) is 7.84. The van der Waals surface area contributed by atoms with Crippen LogP contribution < -0.4 is 5.32 Å². The van der Waals surface area contributed by atoms with Crippen molar-refractivity contribution in [3.8, 4) is 0 Å². The molecule has 0 spiro atoms. The van der Waals surface area contributed by atoms with E-state index in [2.05, 4.69) is 10.3 Å². The van der Waals surface area contributed by atoms with Crippen molar-refractivity contribution in [1.29, 1.82) is 0 Å². The Morgan fingerprint density at radius 1 is 1.20 bits per heavy atom. The van der Waals surface area contributed by atoms with Crippen molar-refractivity contribution in [3.05, 3.63) is 57.5 Å². The van der Waals surface area contributed by atoms with E-state index in [0.717, 1.165) is 0 Å². The number of anilines is 1. The third-order valence-electron chi connectivity index (χ3n) is 2.91. The van der Waals surface area contributed by atoms with Crippen molar-refractivity contribution in [1.82, 2.24) is 4.98 Å². The molecule has 1 aromatic carbocycles. The minimum absolute atomic E-state index is 0.00668. The maximum atomic E-state index is 13.9. The number of nitrogens with one attached hydrogen (secondary N) is 1. The topological polar surface area (TPSA) is 42.0 Å². The molecule has 1 aromatic heterocycles. The van der Waals surface area contributed by atoms with Crippen molar-refractivity contribution in [2.24, 2.45) is 0 Å². The third kappa shape index (κ3) is 2.17. The molecule has 0 radical (unpaired) electrons. The average molecular weight is 309 g/mol. The molecule has 1 amide bonds. The second-order valence-corrected chi connectivity index (χ2v) is 4.98. The summed E-state index contributed by atoms with van der Waals surface area (Å²) in [6.07, 6.45) is 1.44. The molecule has 1 N–H and O–H groups in total. The van der Waals surface area contributed by atoms with E-state index in [9.17, 15) is 9.18 Å². The SMILES string of the molecule is O=C1Nc2nc(Cl)ccc2C1=Cc1cccc(Cl)c1F. The Kier molecular flexibility index (Phi) is 3.20. The average Bonchev–Trinajstić information content (AvgIpc) is 2.70. The van der Waals surface area contributed by atoms with Crippen molar-refractivity contribution in [2.75, 3.05) is 5.32 Å². The summed E-state index contributed by atoms with van der Waals surface area (Å²) < 4.78 is 13.9. The van der Waals surface area contributed by atoms with E-state index in [0.29, 0.717) is 17.0 Å². The number of halogens is 3. The zero-order valence-corrected chi connectivity index (χ0v) is 11.5. The molecule has 0 unspecified atom stereocenters. The highest BCUT2D eigenvalue weighted by Gasteiger charge is 2.25. The fraction of sp³-hybridized carbons (Fsp3) is 0. The zero-order chi connectivity index (χ0) is 14.3. The first-order valence-electron chi connectivity index (χ1n) is 5.70. The first-order valence-corrected chi connectivity index (χ1v) is 6.46. The van der Waals surface area contributed by atoms with Gasteiger partial charge in [-0.1, -0.05) is 35.3 Å². The molecule has 2 aromatic rings. The Morgan fingerprint density at radius 2 is 2.00 bits per heavy atom. The van der Waals surface area contributed by atoms with Gasteiger partial charge in [0.15, 0.2) is 0 Å². The van der Waals surface area contributed by atoms with Crippen molar-refractivity contribution in [2.45, 2.75) is 0 Å². The number of benzene rings is 1. The number of nitrogens with zero attached hydrogens (tertiary/aromatic N) is 1. The lowest BCUT2D eigenvalue weighted by atomic mass is 10.1. The lowest BCUT2D eigenvalue weighted by Crippen LogP contribution is -2.04. The van der Waals surface area contributed by atoms with Crippen LogP contribution in [-0.2, 0) is 4.79 Å². The fourth-order valence-corrected chi connectivity index (χ4v) is 2.31. The maximum Gasteiger partial charge on any atom is 0.257 e. The summed E-state index contributed by atoms with van der Waals surface area (Å²) in [4.78, 5) is 15.9. The van der Waals surface area contributed by atoms with Crippen molar-refractivity contribution in [3.63, 3.8) is 0 Å². The number of aromatic nitrogens is 1. The summed E-state index contributed by atoms with van der Waals surface area (Å²) in [5.74, 6) is -0.546. The van der Waals surface area contributed by atoms with E-state index in [4.69, 9.17) is 23.2 Å². The Balaban J connectivity index is 2.14. The molecule has 1 aliphatic rings. The number of amides is 1. The van der Waals surface area contributed by atoms with E-state index >= 15 is 0 Å². The number of fused-ring (bicyclic) bond motifs is 1. The molecule has 2 heterocycles. The van der Waals surface area contributed by atoms with Crippen molar-refractivity contribution < 1.29 is 9.18 Å². The van der Waals surface area contributed by atoms with Gasteiger partial charge >= 0.3 is 0 Å². The van der Waals surface area contributed by atoms with Gasteiger partial charge in [-0.25, -0.2) is 9.37 Å². The summed E-state index contributed by atoms with van der Waals surface area (Å²) in [7, 11) is 0. The number of hydrogen-bond acceptors (Lipinski definition) is 2. The zero-order valence-electron chi connectivity index (χ0n) is 9.95. The van der Waals surface area contributed by atoms with Crippen LogP contribution in [0, 0.1) is 5.82 Å². The van der Waals surface area contributed by atoms with Crippen LogP contribution in [0.25, 0.3) is 11.6 Å². The quantitative estimate of drug-likeness (QED) is 0.638. The molecule has 0 fully saturated rings. The molecule has 0 atom stereocenters. The largest absolute Gasteiger partial charge is 0.306 e. The second-order valence-electron chi connectivity index (χ2n) is 4.19. The van der Waals surface area contributed by atoms with Gasteiger partial charge in [0.25, 0.3) is 5.91 Å². The molecule has 0 saturated carbocycles. The summed E-state index contributed by atoms with van der Waals surface area (Å²) in [5.41, 5.74) is 1.15. The van der Waals surface area contributed by atoms with Gasteiger partial charge in [0.1, 0.15) is 16.8 Å². The second kappa shape index (κ2) is 4.89. The predicted molar refractivity (Wildman–Crippen MR) is 77.2 cm³/mol. The Hall–Kier alpha value is -1.91. The van der Waals surface area contributed by atoms with E-state index < -0.39 is 5.82 Å². The highest BCUT2D eigenvalue weighted by atomic mass is 35.5. The van der Waals surface area contributed by atoms with Gasteiger partial charge in [0, 0.05) is 11.1 Å². The summed E-state index contributed by atoms with van der Waals surface area (Å²) in [6.45, 7) is 0. The Bertz CT molecular complexity index is 759. The fourth-order valence-electron chi connectivity index (χ4n) is 1.98. The standard InChI is InChI=1S/C14H7Cl2FN2O/c15-10-3-1-2-7(12(10)17)6-9-8-4-5-11(16)18-13(8)19-14(9)20/h1-6H,(H,18,19,20). The smallest absolute Gasteiger partial charge is 0.257 e. The first-order chi connectivity index (χ1) is 9.56. The van der Waals surface area contributed by atoms with Gasteiger partial charge in [-0.15, -0.1) is 0 Å². The van der Waals surface area contributed by atoms with Gasteiger partial charge in [-0.3, -0.25) is 4.79 Å². The van der Waals surface area contributed by atoms with Gasteiger partial charge in [-0.2, -0.15) is 0 Å². The lowest BCUT2D eigenvalue weighted by molar-refractivity contribution is -0.110. The van der Waals surface area contributed by atoms with E-state index in [1.165, 1.54) is 12.1 Å². The van der Waals surface area contributed by atoms with Crippen LogP contribution >= 0.6 is 23.2 Å². The monoisotopic (exact) mass is 308 g/mol. The van der Waals surface area contributed by atoms with Crippen molar-refractivity contribution >= 4 is 46.6 Å². The van der Waals surface area contributed by atoms with Crippen LogP contribution in [-0.4, -0.2) is 10.9 Å².